The van der Waals surface area contributed by atoms with Gasteiger partial charge < -0.3 is 14.1 Å². The number of halogens is 1. The molecule has 3 aromatic rings. The van der Waals surface area contributed by atoms with Crippen LogP contribution in [0.5, 0.6) is 5.75 Å². The summed E-state index contributed by atoms with van der Waals surface area (Å²) in [5.41, 5.74) is 2.25. The summed E-state index contributed by atoms with van der Waals surface area (Å²) in [7, 11) is 0. The molecule has 6 heteroatoms. The first kappa shape index (κ1) is 20.5. The fourth-order valence-electron chi connectivity index (χ4n) is 3.60. The number of rotatable bonds is 6. The van der Waals surface area contributed by atoms with Crippen LogP contribution in [0.1, 0.15) is 27.4 Å². The Bertz CT molecular complexity index is 995. The Labute approximate surface area is 181 Å². The SMILES string of the molecule is Cc1cc(Cl)ccc1OCc1ccc(C(=O)N2CCN(Cc3ccccc3)CC2)o1. The van der Waals surface area contributed by atoms with Crippen LogP contribution in [0.2, 0.25) is 5.02 Å². The van der Waals surface area contributed by atoms with Crippen molar-refractivity contribution in [2.75, 3.05) is 26.2 Å². The third-order valence-electron chi connectivity index (χ3n) is 5.29. The molecule has 156 valence electrons. The highest BCUT2D eigenvalue weighted by atomic mass is 35.5. The van der Waals surface area contributed by atoms with Crippen LogP contribution in [0.25, 0.3) is 0 Å². The number of ether oxygens (including phenoxy) is 1. The molecule has 5 nitrogen and oxygen atoms in total. The van der Waals surface area contributed by atoms with Crippen molar-refractivity contribution in [3.63, 3.8) is 0 Å². The molecule has 1 aliphatic heterocycles. The lowest BCUT2D eigenvalue weighted by molar-refractivity contribution is 0.0594. The van der Waals surface area contributed by atoms with Crippen molar-refractivity contribution in [1.29, 1.82) is 0 Å². The maximum atomic E-state index is 12.8. The summed E-state index contributed by atoms with van der Waals surface area (Å²) in [6.07, 6.45) is 0. The standard InChI is InChI=1S/C24H25ClN2O3/c1-18-15-20(25)7-9-22(18)29-17-21-8-10-23(30-21)24(28)27-13-11-26(12-14-27)16-19-5-3-2-4-6-19/h2-10,15H,11-14,16-17H2,1H3. The van der Waals surface area contributed by atoms with E-state index in [0.717, 1.165) is 30.9 Å². The number of hydrogen-bond acceptors (Lipinski definition) is 4. The van der Waals surface area contributed by atoms with Gasteiger partial charge in [0.25, 0.3) is 5.91 Å². The first-order valence-corrected chi connectivity index (χ1v) is 10.5. The number of nitrogens with zero attached hydrogens (tertiary/aromatic N) is 2. The van der Waals surface area contributed by atoms with E-state index in [9.17, 15) is 4.79 Å². The molecule has 0 radical (unpaired) electrons. The Morgan fingerprint density at radius 3 is 2.53 bits per heavy atom. The number of carbonyl (C=O) groups is 1. The van der Waals surface area contributed by atoms with Crippen LogP contribution in [0, 0.1) is 6.92 Å². The maximum Gasteiger partial charge on any atom is 0.289 e. The zero-order chi connectivity index (χ0) is 20.9. The van der Waals surface area contributed by atoms with E-state index < -0.39 is 0 Å². The van der Waals surface area contributed by atoms with Gasteiger partial charge in [-0.25, -0.2) is 0 Å². The lowest BCUT2D eigenvalue weighted by Crippen LogP contribution is -2.48. The molecule has 0 atom stereocenters. The van der Waals surface area contributed by atoms with E-state index in [2.05, 4.69) is 29.2 Å². The van der Waals surface area contributed by atoms with Crippen LogP contribution in [0.15, 0.2) is 65.1 Å². The van der Waals surface area contributed by atoms with Gasteiger partial charge in [0.1, 0.15) is 18.1 Å². The second-order valence-corrected chi connectivity index (χ2v) is 7.95. The first-order chi connectivity index (χ1) is 14.6. The lowest BCUT2D eigenvalue weighted by Gasteiger charge is -2.34. The zero-order valence-corrected chi connectivity index (χ0v) is 17.8. The molecule has 1 aromatic heterocycles. The minimum atomic E-state index is -0.0664. The van der Waals surface area contributed by atoms with Crippen molar-refractivity contribution in [1.82, 2.24) is 9.80 Å². The van der Waals surface area contributed by atoms with Gasteiger partial charge in [-0.1, -0.05) is 41.9 Å². The molecule has 0 unspecified atom stereocenters. The number of piperazine rings is 1. The predicted octanol–water partition coefficient (Wildman–Crippen LogP) is 4.78. The van der Waals surface area contributed by atoms with Crippen LogP contribution in [-0.4, -0.2) is 41.9 Å². The van der Waals surface area contributed by atoms with E-state index in [4.69, 9.17) is 20.8 Å². The van der Waals surface area contributed by atoms with Crippen LogP contribution >= 0.6 is 11.6 Å². The number of benzene rings is 2. The van der Waals surface area contributed by atoms with Crippen molar-refractivity contribution in [3.8, 4) is 5.75 Å². The summed E-state index contributed by atoms with van der Waals surface area (Å²) in [6.45, 7) is 6.22. The van der Waals surface area contributed by atoms with E-state index >= 15 is 0 Å². The van der Waals surface area contributed by atoms with Crippen LogP contribution < -0.4 is 4.74 Å². The molecule has 0 spiro atoms. The van der Waals surface area contributed by atoms with Crippen molar-refractivity contribution < 1.29 is 13.9 Å². The quantitative estimate of drug-likeness (QED) is 0.571. The summed E-state index contributed by atoms with van der Waals surface area (Å²) in [6, 6.07) is 19.4. The van der Waals surface area contributed by atoms with Gasteiger partial charge in [-0.15, -0.1) is 0 Å². The van der Waals surface area contributed by atoms with Crippen molar-refractivity contribution in [2.24, 2.45) is 0 Å². The Morgan fingerprint density at radius 1 is 1.03 bits per heavy atom. The fourth-order valence-corrected chi connectivity index (χ4v) is 3.83. The molecule has 4 rings (SSSR count). The summed E-state index contributed by atoms with van der Waals surface area (Å²) in [4.78, 5) is 17.0. The van der Waals surface area contributed by atoms with Crippen LogP contribution in [0.3, 0.4) is 0 Å². The van der Waals surface area contributed by atoms with Crippen molar-refractivity contribution in [2.45, 2.75) is 20.1 Å². The van der Waals surface area contributed by atoms with Gasteiger partial charge in [-0.05, 0) is 48.4 Å². The average Bonchev–Trinajstić information content (AvgIpc) is 3.23. The summed E-state index contributed by atoms with van der Waals surface area (Å²) in [5.74, 6) is 1.66. The third kappa shape index (κ3) is 5.04. The molecule has 1 fully saturated rings. The zero-order valence-electron chi connectivity index (χ0n) is 17.0. The molecule has 0 bridgehead atoms. The molecule has 2 heterocycles. The highest BCUT2D eigenvalue weighted by Crippen LogP contribution is 2.23. The number of furan rings is 1. The molecular weight excluding hydrogens is 400 g/mol. The van der Waals surface area contributed by atoms with Gasteiger partial charge >= 0.3 is 0 Å². The second kappa shape index (κ2) is 9.37. The van der Waals surface area contributed by atoms with Gasteiger partial charge in [-0.3, -0.25) is 9.69 Å². The minimum absolute atomic E-state index is 0.0664. The van der Waals surface area contributed by atoms with Gasteiger partial charge in [0.2, 0.25) is 0 Å². The van der Waals surface area contributed by atoms with E-state index in [-0.39, 0.29) is 12.5 Å². The molecule has 0 saturated carbocycles. The highest BCUT2D eigenvalue weighted by molar-refractivity contribution is 6.30. The van der Waals surface area contributed by atoms with E-state index in [1.165, 1.54) is 5.56 Å². The largest absolute Gasteiger partial charge is 0.485 e. The minimum Gasteiger partial charge on any atom is -0.485 e. The Balaban J connectivity index is 1.29. The molecule has 0 aliphatic carbocycles. The summed E-state index contributed by atoms with van der Waals surface area (Å²) < 4.78 is 11.6. The van der Waals surface area contributed by atoms with Crippen molar-refractivity contribution >= 4 is 17.5 Å². The lowest BCUT2D eigenvalue weighted by atomic mass is 10.2. The number of aryl methyl sites for hydroxylation is 1. The van der Waals surface area contributed by atoms with Gasteiger partial charge in [0.05, 0.1) is 0 Å². The summed E-state index contributed by atoms with van der Waals surface area (Å²) >= 11 is 5.98. The van der Waals surface area contributed by atoms with E-state index in [1.54, 1.807) is 18.2 Å². The molecule has 1 amide bonds. The average molecular weight is 425 g/mol. The topological polar surface area (TPSA) is 45.9 Å². The number of amides is 1. The first-order valence-electron chi connectivity index (χ1n) is 10.1. The molecule has 1 aliphatic rings. The third-order valence-corrected chi connectivity index (χ3v) is 5.52. The fraction of sp³-hybridized carbons (Fsp3) is 0.292. The van der Waals surface area contributed by atoms with Crippen LogP contribution in [-0.2, 0) is 13.2 Å². The van der Waals surface area contributed by atoms with Crippen molar-refractivity contribution in [3.05, 3.63) is 88.3 Å². The van der Waals surface area contributed by atoms with Crippen LogP contribution in [0.4, 0.5) is 0 Å². The monoisotopic (exact) mass is 424 g/mol. The molecule has 0 N–H and O–H groups in total. The van der Waals surface area contributed by atoms with Gasteiger partial charge in [-0.2, -0.15) is 0 Å². The maximum absolute atomic E-state index is 12.8. The smallest absolute Gasteiger partial charge is 0.289 e. The Morgan fingerprint density at radius 2 is 1.80 bits per heavy atom. The second-order valence-electron chi connectivity index (χ2n) is 7.52. The van der Waals surface area contributed by atoms with E-state index in [0.29, 0.717) is 29.6 Å². The molecular formula is C24H25ClN2O3. The van der Waals surface area contributed by atoms with E-state index in [1.807, 2.05) is 30.0 Å². The predicted molar refractivity (Wildman–Crippen MR) is 117 cm³/mol. The molecule has 2 aromatic carbocycles. The van der Waals surface area contributed by atoms with Gasteiger partial charge in [0.15, 0.2) is 5.76 Å². The van der Waals surface area contributed by atoms with Gasteiger partial charge in [0, 0.05) is 37.7 Å². The number of hydrogen-bond donors (Lipinski definition) is 0. The normalized spacial score (nSPS) is 14.7. The Hall–Kier alpha value is -2.76. The summed E-state index contributed by atoms with van der Waals surface area (Å²) in [5, 5.41) is 0.676. The highest BCUT2D eigenvalue weighted by Gasteiger charge is 2.24. The number of carbonyl (C=O) groups excluding carboxylic acids is 1. The Kier molecular flexibility index (Phi) is 6.41. The molecule has 30 heavy (non-hydrogen) atoms. The molecule has 1 saturated heterocycles.